The number of carbonyl (C=O) groups is 1. The first-order valence-electron chi connectivity index (χ1n) is 12.2. The number of aromatic nitrogens is 3. The Morgan fingerprint density at radius 1 is 1.03 bits per heavy atom. The summed E-state index contributed by atoms with van der Waals surface area (Å²) >= 11 is 7.92. The first-order valence-corrected chi connectivity index (χ1v) is 13.4. The summed E-state index contributed by atoms with van der Waals surface area (Å²) < 4.78 is 2.04. The van der Waals surface area contributed by atoms with Crippen LogP contribution in [0.2, 0.25) is 5.02 Å². The molecule has 0 spiro atoms. The first kappa shape index (κ1) is 24.8. The molecule has 39 heavy (non-hydrogen) atoms. The third-order valence-corrected chi connectivity index (χ3v) is 7.84. The number of amides is 1. The lowest BCUT2D eigenvalue weighted by Gasteiger charge is -2.26. The number of hydrogen-bond acceptors (Lipinski definition) is 5. The van der Waals surface area contributed by atoms with Crippen molar-refractivity contribution in [2.45, 2.75) is 13.0 Å². The van der Waals surface area contributed by atoms with Gasteiger partial charge in [0.05, 0.1) is 33.7 Å². The Hall–Kier alpha value is -4.53. The van der Waals surface area contributed by atoms with E-state index in [2.05, 4.69) is 15.5 Å². The van der Waals surface area contributed by atoms with E-state index in [1.807, 2.05) is 84.9 Å². The lowest BCUT2D eigenvalue weighted by atomic mass is 9.95. The van der Waals surface area contributed by atoms with Crippen LogP contribution in [0.25, 0.3) is 17.3 Å². The highest BCUT2D eigenvalue weighted by atomic mass is 35.5. The molecule has 0 fully saturated rings. The average Bonchev–Trinajstić information content (AvgIpc) is 3.53. The van der Waals surface area contributed by atoms with Gasteiger partial charge in [0.15, 0.2) is 4.80 Å². The molecule has 0 radical (unpaired) electrons. The minimum Gasteiger partial charge on any atom is -0.322 e. The average molecular weight is 552 g/mol. The molecule has 1 unspecified atom stereocenters. The van der Waals surface area contributed by atoms with Crippen molar-refractivity contribution in [1.82, 2.24) is 14.8 Å². The maximum atomic E-state index is 14.0. The van der Waals surface area contributed by atoms with Gasteiger partial charge in [0.2, 0.25) is 0 Å². The number of hydrogen-bond donors (Lipinski definition) is 2. The first-order chi connectivity index (χ1) is 19.0. The Kier molecular flexibility index (Phi) is 6.56. The fraction of sp³-hybridized carbons (Fsp3) is 0.0667. The van der Waals surface area contributed by atoms with Crippen molar-refractivity contribution in [3.8, 4) is 11.3 Å². The molecule has 3 heterocycles. The Morgan fingerprint density at radius 2 is 1.72 bits per heavy atom. The van der Waals surface area contributed by atoms with Crippen molar-refractivity contribution in [2.24, 2.45) is 4.99 Å². The number of para-hydroxylation sites is 1. The largest absolute Gasteiger partial charge is 0.322 e. The summed E-state index contributed by atoms with van der Waals surface area (Å²) in [6.45, 7) is 1.78. The van der Waals surface area contributed by atoms with Crippen LogP contribution in [-0.2, 0) is 4.79 Å². The molecule has 2 N–H and O–H groups in total. The molecular weight excluding hydrogens is 530 g/mol. The van der Waals surface area contributed by atoms with Crippen LogP contribution in [0, 0.1) is 0 Å². The summed E-state index contributed by atoms with van der Waals surface area (Å²) in [7, 11) is 0. The van der Waals surface area contributed by atoms with E-state index in [1.165, 1.54) is 11.3 Å². The molecule has 7 nitrogen and oxygen atoms in total. The second-order valence-corrected chi connectivity index (χ2v) is 10.4. The number of thiazole rings is 1. The Bertz CT molecular complexity index is 1910. The van der Waals surface area contributed by atoms with Crippen LogP contribution in [0.5, 0.6) is 0 Å². The van der Waals surface area contributed by atoms with E-state index in [0.29, 0.717) is 36.9 Å². The van der Waals surface area contributed by atoms with Gasteiger partial charge in [-0.1, -0.05) is 89.7 Å². The normalized spacial score (nSPS) is 15.1. The van der Waals surface area contributed by atoms with Gasteiger partial charge < -0.3 is 5.32 Å². The Morgan fingerprint density at radius 3 is 2.46 bits per heavy atom. The summed E-state index contributed by atoms with van der Waals surface area (Å²) in [4.78, 5) is 32.8. The highest BCUT2D eigenvalue weighted by Crippen LogP contribution is 2.34. The lowest BCUT2D eigenvalue weighted by molar-refractivity contribution is -0.113. The SMILES string of the molecule is CC1=C(C(=O)Nc2ccccc2)C(c2ccccc2Cl)n2c(sc(=Cc3cn[nH]c3-c3ccccc3)c2=O)=N1. The predicted octanol–water partition coefficient (Wildman–Crippen LogP) is 4.92. The molecule has 0 saturated carbocycles. The maximum Gasteiger partial charge on any atom is 0.271 e. The summed E-state index contributed by atoms with van der Waals surface area (Å²) in [5.41, 5.74) is 4.45. The second kappa shape index (κ2) is 10.3. The minimum absolute atomic E-state index is 0.263. The summed E-state index contributed by atoms with van der Waals surface area (Å²) in [6, 6.07) is 25.5. The van der Waals surface area contributed by atoms with Crippen molar-refractivity contribution >= 4 is 40.6 Å². The number of aromatic amines is 1. The minimum atomic E-state index is -0.751. The smallest absolute Gasteiger partial charge is 0.271 e. The van der Waals surface area contributed by atoms with E-state index in [1.54, 1.807) is 23.8 Å². The van der Waals surface area contributed by atoms with Crippen LogP contribution in [0.4, 0.5) is 5.69 Å². The van der Waals surface area contributed by atoms with Crippen molar-refractivity contribution in [3.63, 3.8) is 0 Å². The molecular formula is C30H22ClN5O2S. The van der Waals surface area contributed by atoms with E-state index < -0.39 is 6.04 Å². The standard InChI is InChI=1S/C30H22ClN5O2S/c1-18-25(28(37)34-21-12-6-3-7-13-21)27(22-14-8-9-15-23(22)31)36-29(38)24(39-30(36)33-18)16-20-17-32-35-26(20)19-10-4-2-5-11-19/h2-17,27H,1H3,(H,32,35)(H,34,37). The number of carbonyl (C=O) groups excluding carboxylic acids is 1. The number of fused-ring (bicyclic) bond motifs is 1. The number of halogens is 1. The number of H-pyrrole nitrogens is 1. The summed E-state index contributed by atoms with van der Waals surface area (Å²) in [6.07, 6.45) is 3.50. The summed E-state index contributed by atoms with van der Waals surface area (Å²) in [5, 5.41) is 10.6. The molecule has 192 valence electrons. The molecule has 0 bridgehead atoms. The third-order valence-electron chi connectivity index (χ3n) is 6.52. The molecule has 1 atom stereocenters. The van der Waals surface area contributed by atoms with Gasteiger partial charge in [-0.2, -0.15) is 5.10 Å². The van der Waals surface area contributed by atoms with E-state index in [4.69, 9.17) is 16.6 Å². The zero-order valence-electron chi connectivity index (χ0n) is 20.8. The van der Waals surface area contributed by atoms with Crippen LogP contribution in [0.3, 0.4) is 0 Å². The van der Waals surface area contributed by atoms with Gasteiger partial charge in [-0.05, 0) is 36.8 Å². The molecule has 1 amide bonds. The Labute approximate surface area is 232 Å². The van der Waals surface area contributed by atoms with Gasteiger partial charge in [0, 0.05) is 21.8 Å². The topological polar surface area (TPSA) is 92.1 Å². The number of rotatable bonds is 5. The van der Waals surface area contributed by atoms with Crippen LogP contribution in [-0.4, -0.2) is 20.7 Å². The summed E-state index contributed by atoms with van der Waals surface area (Å²) in [5.74, 6) is -0.345. The molecule has 6 rings (SSSR count). The van der Waals surface area contributed by atoms with Gasteiger partial charge in [-0.3, -0.25) is 19.3 Å². The zero-order chi connectivity index (χ0) is 26.9. The molecule has 0 saturated heterocycles. The fourth-order valence-corrected chi connectivity index (χ4v) is 5.98. The molecule has 3 aromatic carbocycles. The van der Waals surface area contributed by atoms with Gasteiger partial charge in [0.1, 0.15) is 0 Å². The molecule has 5 aromatic rings. The van der Waals surface area contributed by atoms with Gasteiger partial charge in [-0.25, -0.2) is 4.99 Å². The lowest BCUT2D eigenvalue weighted by Crippen LogP contribution is -2.40. The molecule has 2 aromatic heterocycles. The molecule has 1 aliphatic rings. The van der Waals surface area contributed by atoms with Gasteiger partial charge in [-0.15, -0.1) is 0 Å². The zero-order valence-corrected chi connectivity index (χ0v) is 22.3. The number of anilines is 1. The van der Waals surface area contributed by atoms with Crippen LogP contribution in [0.1, 0.15) is 24.1 Å². The Balaban J connectivity index is 1.51. The molecule has 9 heteroatoms. The molecule has 1 aliphatic heterocycles. The van der Waals surface area contributed by atoms with E-state index >= 15 is 0 Å². The van der Waals surface area contributed by atoms with Crippen molar-refractivity contribution in [3.05, 3.63) is 138 Å². The quantitative estimate of drug-likeness (QED) is 0.325. The number of benzene rings is 3. The number of allylic oxidation sites excluding steroid dienone is 1. The van der Waals surface area contributed by atoms with Gasteiger partial charge in [0.25, 0.3) is 11.5 Å². The highest BCUT2D eigenvalue weighted by molar-refractivity contribution is 7.07. The third kappa shape index (κ3) is 4.65. The van der Waals surface area contributed by atoms with Crippen molar-refractivity contribution in [2.75, 3.05) is 5.32 Å². The monoisotopic (exact) mass is 551 g/mol. The number of nitrogens with one attached hydrogen (secondary N) is 2. The maximum absolute atomic E-state index is 14.0. The van der Waals surface area contributed by atoms with Crippen LogP contribution >= 0.6 is 22.9 Å². The highest BCUT2D eigenvalue weighted by Gasteiger charge is 2.33. The fourth-order valence-electron chi connectivity index (χ4n) is 4.71. The predicted molar refractivity (Wildman–Crippen MR) is 154 cm³/mol. The van der Waals surface area contributed by atoms with Crippen LogP contribution < -0.4 is 20.2 Å². The van der Waals surface area contributed by atoms with Crippen molar-refractivity contribution < 1.29 is 4.79 Å². The van der Waals surface area contributed by atoms with E-state index in [0.717, 1.165) is 16.8 Å². The second-order valence-electron chi connectivity index (χ2n) is 8.99. The van der Waals surface area contributed by atoms with Crippen LogP contribution in [0.15, 0.2) is 112 Å². The van der Waals surface area contributed by atoms with E-state index in [-0.39, 0.29) is 11.5 Å². The number of nitrogens with zero attached hydrogens (tertiary/aromatic N) is 3. The van der Waals surface area contributed by atoms with E-state index in [9.17, 15) is 9.59 Å². The van der Waals surface area contributed by atoms with Gasteiger partial charge >= 0.3 is 0 Å². The molecule has 0 aliphatic carbocycles. The van der Waals surface area contributed by atoms with Crippen molar-refractivity contribution in [1.29, 1.82) is 0 Å².